The predicted octanol–water partition coefficient (Wildman–Crippen LogP) is 1.18. The standard InChI is InChI=1S/C13H24N2O4/c1-3-6-9(12(17)18)14-13(19)15(2)10-7-4-5-8-11(10)16/h9-11,16H,3-8H2,1-2H3,(H,14,19)(H,17,18)/t9-,10?,11?/m1/s1. The van der Waals surface area contributed by atoms with E-state index >= 15 is 0 Å². The molecular weight excluding hydrogens is 248 g/mol. The molecule has 1 fully saturated rings. The summed E-state index contributed by atoms with van der Waals surface area (Å²) in [7, 11) is 1.61. The molecule has 110 valence electrons. The number of likely N-dealkylation sites (N-methyl/N-ethyl adjacent to an activating group) is 1. The van der Waals surface area contributed by atoms with Gasteiger partial charge in [0.05, 0.1) is 12.1 Å². The van der Waals surface area contributed by atoms with Crippen LogP contribution in [-0.4, -0.2) is 52.3 Å². The van der Waals surface area contributed by atoms with Crippen LogP contribution < -0.4 is 5.32 Å². The highest BCUT2D eigenvalue weighted by Gasteiger charge is 2.30. The number of aliphatic carboxylic acids is 1. The molecular formula is C13H24N2O4. The number of carbonyl (C=O) groups excluding carboxylic acids is 1. The van der Waals surface area contributed by atoms with Gasteiger partial charge in [0.25, 0.3) is 0 Å². The zero-order chi connectivity index (χ0) is 14.4. The third-order valence-corrected chi connectivity index (χ3v) is 3.68. The van der Waals surface area contributed by atoms with Gasteiger partial charge in [0, 0.05) is 7.05 Å². The van der Waals surface area contributed by atoms with Gasteiger partial charge in [-0.25, -0.2) is 9.59 Å². The van der Waals surface area contributed by atoms with E-state index < -0.39 is 24.1 Å². The van der Waals surface area contributed by atoms with Crippen LogP contribution in [0.1, 0.15) is 45.4 Å². The lowest BCUT2D eigenvalue weighted by Gasteiger charge is -2.35. The van der Waals surface area contributed by atoms with Crippen molar-refractivity contribution in [3.8, 4) is 0 Å². The molecule has 0 heterocycles. The summed E-state index contributed by atoms with van der Waals surface area (Å²) in [5.74, 6) is -1.02. The van der Waals surface area contributed by atoms with E-state index in [0.29, 0.717) is 19.3 Å². The molecule has 6 nitrogen and oxygen atoms in total. The monoisotopic (exact) mass is 272 g/mol. The maximum atomic E-state index is 12.0. The zero-order valence-electron chi connectivity index (χ0n) is 11.6. The summed E-state index contributed by atoms with van der Waals surface area (Å²) in [5.41, 5.74) is 0. The number of carboxylic acids is 1. The van der Waals surface area contributed by atoms with Gasteiger partial charge in [0.1, 0.15) is 6.04 Å². The molecule has 1 aliphatic rings. The third kappa shape index (κ3) is 4.38. The molecule has 6 heteroatoms. The van der Waals surface area contributed by atoms with Crippen molar-refractivity contribution in [1.82, 2.24) is 10.2 Å². The number of aliphatic hydroxyl groups excluding tert-OH is 1. The summed E-state index contributed by atoms with van der Waals surface area (Å²) >= 11 is 0. The summed E-state index contributed by atoms with van der Waals surface area (Å²) in [4.78, 5) is 24.5. The number of hydrogen-bond acceptors (Lipinski definition) is 3. The van der Waals surface area contributed by atoms with Gasteiger partial charge in [-0.05, 0) is 19.3 Å². The first-order valence-corrected chi connectivity index (χ1v) is 6.91. The Morgan fingerprint density at radius 1 is 1.37 bits per heavy atom. The van der Waals surface area contributed by atoms with Crippen LogP contribution in [0.15, 0.2) is 0 Å². The number of nitrogens with one attached hydrogen (secondary N) is 1. The first kappa shape index (κ1) is 15.8. The van der Waals surface area contributed by atoms with Crippen LogP contribution in [0.4, 0.5) is 4.79 Å². The molecule has 0 aromatic rings. The minimum Gasteiger partial charge on any atom is -0.480 e. The van der Waals surface area contributed by atoms with Gasteiger partial charge in [-0.3, -0.25) is 0 Å². The first-order chi connectivity index (χ1) is 8.97. The SMILES string of the molecule is CCC[C@@H](NC(=O)N(C)C1CCCCC1O)C(=O)O. The van der Waals surface area contributed by atoms with Crippen LogP contribution >= 0.6 is 0 Å². The fraction of sp³-hybridized carbons (Fsp3) is 0.846. The Kier molecular flexibility index (Phi) is 6.08. The molecule has 1 saturated carbocycles. The number of rotatable bonds is 5. The first-order valence-electron chi connectivity index (χ1n) is 6.91. The maximum Gasteiger partial charge on any atom is 0.326 e. The Hall–Kier alpha value is -1.30. The van der Waals surface area contributed by atoms with E-state index in [4.69, 9.17) is 5.11 Å². The second kappa shape index (κ2) is 7.33. The van der Waals surface area contributed by atoms with Crippen molar-refractivity contribution < 1.29 is 19.8 Å². The normalized spacial score (nSPS) is 24.6. The van der Waals surface area contributed by atoms with Gasteiger partial charge < -0.3 is 20.4 Å². The van der Waals surface area contributed by atoms with Crippen molar-refractivity contribution in [2.24, 2.45) is 0 Å². The van der Waals surface area contributed by atoms with Crippen molar-refractivity contribution in [2.45, 2.75) is 63.6 Å². The number of amides is 2. The number of nitrogens with zero attached hydrogens (tertiary/aromatic N) is 1. The summed E-state index contributed by atoms with van der Waals surface area (Å²) in [5, 5.41) is 21.4. The molecule has 1 aliphatic carbocycles. The molecule has 2 amide bonds. The second-order valence-corrected chi connectivity index (χ2v) is 5.16. The van der Waals surface area contributed by atoms with E-state index in [9.17, 15) is 14.7 Å². The van der Waals surface area contributed by atoms with Gasteiger partial charge >= 0.3 is 12.0 Å². The lowest BCUT2D eigenvalue weighted by Crippen LogP contribution is -2.53. The van der Waals surface area contributed by atoms with Crippen LogP contribution in [0, 0.1) is 0 Å². The van der Waals surface area contributed by atoms with Crippen molar-refractivity contribution in [2.75, 3.05) is 7.05 Å². The van der Waals surface area contributed by atoms with E-state index in [2.05, 4.69) is 5.32 Å². The Morgan fingerprint density at radius 2 is 2.00 bits per heavy atom. The largest absolute Gasteiger partial charge is 0.480 e. The molecule has 0 aliphatic heterocycles. The second-order valence-electron chi connectivity index (χ2n) is 5.16. The third-order valence-electron chi connectivity index (χ3n) is 3.68. The molecule has 3 atom stereocenters. The van der Waals surface area contributed by atoms with Crippen LogP contribution in [-0.2, 0) is 4.79 Å². The van der Waals surface area contributed by atoms with Gasteiger partial charge in [-0.2, -0.15) is 0 Å². The summed E-state index contributed by atoms with van der Waals surface area (Å²) in [6, 6.07) is -1.50. The average Bonchev–Trinajstić information content (AvgIpc) is 2.37. The molecule has 19 heavy (non-hydrogen) atoms. The number of carboxylic acid groups (broad SMARTS) is 1. The van der Waals surface area contributed by atoms with Crippen molar-refractivity contribution in [1.29, 1.82) is 0 Å². The van der Waals surface area contributed by atoms with Gasteiger partial charge in [0.15, 0.2) is 0 Å². The molecule has 2 unspecified atom stereocenters. The lowest BCUT2D eigenvalue weighted by atomic mass is 9.92. The molecule has 3 N–H and O–H groups in total. The molecule has 1 rings (SSSR count). The van der Waals surface area contributed by atoms with Crippen LogP contribution in [0.25, 0.3) is 0 Å². The van der Waals surface area contributed by atoms with E-state index in [1.54, 1.807) is 7.05 Å². The Labute approximate surface area is 113 Å². The Balaban J connectivity index is 2.57. The Bertz CT molecular complexity index is 322. The average molecular weight is 272 g/mol. The molecule has 0 aromatic heterocycles. The molecule has 0 saturated heterocycles. The fourth-order valence-electron chi connectivity index (χ4n) is 2.49. The minimum absolute atomic E-state index is 0.218. The maximum absolute atomic E-state index is 12.0. The van der Waals surface area contributed by atoms with Gasteiger partial charge in [0.2, 0.25) is 0 Å². The lowest BCUT2D eigenvalue weighted by molar-refractivity contribution is -0.139. The molecule has 0 aromatic carbocycles. The van der Waals surface area contributed by atoms with E-state index in [-0.39, 0.29) is 6.04 Å². The van der Waals surface area contributed by atoms with Crippen LogP contribution in [0.3, 0.4) is 0 Å². The highest BCUT2D eigenvalue weighted by Crippen LogP contribution is 2.22. The van der Waals surface area contributed by atoms with Crippen molar-refractivity contribution >= 4 is 12.0 Å². The molecule has 0 radical (unpaired) electrons. The van der Waals surface area contributed by atoms with E-state index in [0.717, 1.165) is 19.3 Å². The highest BCUT2D eigenvalue weighted by atomic mass is 16.4. The zero-order valence-corrected chi connectivity index (χ0v) is 11.6. The minimum atomic E-state index is -1.02. The Morgan fingerprint density at radius 3 is 2.53 bits per heavy atom. The number of hydrogen-bond donors (Lipinski definition) is 3. The van der Waals surface area contributed by atoms with Gasteiger partial charge in [-0.15, -0.1) is 0 Å². The smallest absolute Gasteiger partial charge is 0.326 e. The topological polar surface area (TPSA) is 89.9 Å². The summed E-state index contributed by atoms with van der Waals surface area (Å²) in [6.07, 6.45) is 3.99. The number of carbonyl (C=O) groups is 2. The quantitative estimate of drug-likeness (QED) is 0.701. The molecule has 0 spiro atoms. The number of aliphatic hydroxyl groups is 1. The van der Waals surface area contributed by atoms with E-state index in [1.165, 1.54) is 4.90 Å². The predicted molar refractivity (Wildman–Crippen MR) is 70.9 cm³/mol. The van der Waals surface area contributed by atoms with Crippen molar-refractivity contribution in [3.05, 3.63) is 0 Å². The van der Waals surface area contributed by atoms with Crippen LogP contribution in [0.2, 0.25) is 0 Å². The summed E-state index contributed by atoms with van der Waals surface area (Å²) < 4.78 is 0. The van der Waals surface area contributed by atoms with E-state index in [1.807, 2.05) is 6.92 Å². The number of urea groups is 1. The fourth-order valence-corrected chi connectivity index (χ4v) is 2.49. The molecule has 0 bridgehead atoms. The van der Waals surface area contributed by atoms with Crippen LogP contribution in [0.5, 0.6) is 0 Å². The summed E-state index contributed by atoms with van der Waals surface area (Å²) in [6.45, 7) is 1.87. The van der Waals surface area contributed by atoms with Gasteiger partial charge in [-0.1, -0.05) is 26.2 Å². The highest BCUT2D eigenvalue weighted by molar-refractivity contribution is 5.82. The van der Waals surface area contributed by atoms with Crippen molar-refractivity contribution in [3.63, 3.8) is 0 Å².